The van der Waals surface area contributed by atoms with E-state index in [4.69, 9.17) is 5.26 Å². The first-order valence-corrected chi connectivity index (χ1v) is 4.46. The van der Waals surface area contributed by atoms with Crippen LogP contribution in [0.1, 0.15) is 5.56 Å². The highest BCUT2D eigenvalue weighted by atomic mass is 19.1. The molecule has 0 aliphatic rings. The summed E-state index contributed by atoms with van der Waals surface area (Å²) in [7, 11) is 0. The summed E-state index contributed by atoms with van der Waals surface area (Å²) in [6, 6.07) is 7.58. The Hall–Kier alpha value is -2.48. The van der Waals surface area contributed by atoms with Crippen molar-refractivity contribution in [2.24, 2.45) is 0 Å². The number of aromatic amines is 1. The van der Waals surface area contributed by atoms with Crippen molar-refractivity contribution >= 4 is 0 Å². The van der Waals surface area contributed by atoms with Gasteiger partial charge in [-0.1, -0.05) is 12.1 Å². The van der Waals surface area contributed by atoms with Gasteiger partial charge in [-0.05, 0) is 12.1 Å². The van der Waals surface area contributed by atoms with Crippen molar-refractivity contribution in [2.45, 2.75) is 0 Å². The van der Waals surface area contributed by atoms with E-state index in [0.29, 0.717) is 0 Å². The fourth-order valence-electron chi connectivity index (χ4n) is 1.36. The molecule has 2 rings (SSSR count). The lowest BCUT2D eigenvalue weighted by atomic mass is 10.1. The molecule has 4 nitrogen and oxygen atoms in total. The van der Waals surface area contributed by atoms with Crippen LogP contribution >= 0.6 is 0 Å². The Morgan fingerprint density at radius 2 is 2.12 bits per heavy atom. The van der Waals surface area contributed by atoms with Gasteiger partial charge in [0.05, 0.1) is 12.0 Å². The molecule has 0 saturated carbocycles. The molecule has 0 saturated heterocycles. The van der Waals surface area contributed by atoms with Crippen molar-refractivity contribution in [1.29, 1.82) is 5.26 Å². The Morgan fingerprint density at radius 3 is 2.81 bits per heavy atom. The number of nitrogens with zero attached hydrogens (tertiary/aromatic N) is 2. The van der Waals surface area contributed by atoms with Crippen LogP contribution in [0.4, 0.5) is 4.39 Å². The molecule has 0 unspecified atom stereocenters. The lowest BCUT2D eigenvalue weighted by molar-refractivity contribution is 0.630. The second kappa shape index (κ2) is 3.95. The molecule has 0 spiro atoms. The average Bonchev–Trinajstić information content (AvgIpc) is 2.29. The van der Waals surface area contributed by atoms with Crippen molar-refractivity contribution < 1.29 is 4.39 Å². The summed E-state index contributed by atoms with van der Waals surface area (Å²) in [5.41, 5.74) is -0.558. The lowest BCUT2D eigenvalue weighted by Gasteiger charge is -2.02. The Labute approximate surface area is 90.0 Å². The average molecular weight is 215 g/mol. The zero-order chi connectivity index (χ0) is 11.5. The number of aromatic nitrogens is 2. The molecule has 5 heteroatoms. The molecule has 0 radical (unpaired) electrons. The van der Waals surface area contributed by atoms with Crippen LogP contribution in [-0.4, -0.2) is 9.97 Å². The highest BCUT2D eigenvalue weighted by Crippen LogP contribution is 2.21. The largest absolute Gasteiger partial charge is 0.312 e. The summed E-state index contributed by atoms with van der Waals surface area (Å²) in [5, 5.41) is 8.82. The van der Waals surface area contributed by atoms with Crippen LogP contribution in [0.5, 0.6) is 0 Å². The minimum Gasteiger partial charge on any atom is -0.312 e. The van der Waals surface area contributed by atoms with Crippen molar-refractivity contribution in [3.8, 4) is 17.3 Å². The number of nitrogens with one attached hydrogen (secondary N) is 1. The van der Waals surface area contributed by atoms with Crippen LogP contribution in [0.2, 0.25) is 0 Å². The number of hydrogen-bond donors (Lipinski definition) is 1. The van der Waals surface area contributed by atoms with Gasteiger partial charge in [0.15, 0.2) is 0 Å². The molecular formula is C11H6FN3O. The maximum Gasteiger partial charge on any atom is 0.269 e. The monoisotopic (exact) mass is 215 g/mol. The van der Waals surface area contributed by atoms with Gasteiger partial charge in [0.25, 0.3) is 5.56 Å². The standard InChI is InChI=1S/C11H6FN3O/c12-9-4-2-1-3-7(9)10-8(5-13)11(16)15-6-14-10/h1-4,6H,(H,14,15,16). The van der Waals surface area contributed by atoms with Crippen LogP contribution in [0.15, 0.2) is 35.4 Å². The Morgan fingerprint density at radius 1 is 1.38 bits per heavy atom. The van der Waals surface area contributed by atoms with Crippen LogP contribution in [0.3, 0.4) is 0 Å². The fraction of sp³-hybridized carbons (Fsp3) is 0. The van der Waals surface area contributed by atoms with Crippen LogP contribution in [0.25, 0.3) is 11.3 Å². The number of H-pyrrole nitrogens is 1. The molecule has 0 fully saturated rings. The molecule has 2 aromatic rings. The number of benzene rings is 1. The third kappa shape index (κ3) is 1.57. The van der Waals surface area contributed by atoms with E-state index in [1.54, 1.807) is 12.1 Å². The first-order chi connectivity index (χ1) is 7.74. The van der Waals surface area contributed by atoms with E-state index in [1.807, 2.05) is 0 Å². The Balaban J connectivity index is 2.76. The van der Waals surface area contributed by atoms with E-state index in [9.17, 15) is 9.18 Å². The number of rotatable bonds is 1. The molecule has 0 bridgehead atoms. The number of halogens is 1. The summed E-state index contributed by atoms with van der Waals surface area (Å²) < 4.78 is 13.5. The van der Waals surface area contributed by atoms with Gasteiger partial charge in [0, 0.05) is 5.56 Å². The Bertz CT molecular complexity index is 628. The minimum atomic E-state index is -0.573. The van der Waals surface area contributed by atoms with Crippen LogP contribution in [-0.2, 0) is 0 Å². The quantitative estimate of drug-likeness (QED) is 0.782. The van der Waals surface area contributed by atoms with Crippen molar-refractivity contribution in [1.82, 2.24) is 9.97 Å². The molecule has 0 aliphatic heterocycles. The van der Waals surface area contributed by atoms with E-state index < -0.39 is 11.4 Å². The van der Waals surface area contributed by atoms with E-state index in [1.165, 1.54) is 18.2 Å². The van der Waals surface area contributed by atoms with Gasteiger partial charge in [-0.15, -0.1) is 0 Å². The lowest BCUT2D eigenvalue weighted by Crippen LogP contribution is -2.12. The minimum absolute atomic E-state index is 0.0596. The molecule has 1 heterocycles. The van der Waals surface area contributed by atoms with Gasteiger partial charge in [-0.3, -0.25) is 4.79 Å². The van der Waals surface area contributed by atoms with Crippen LogP contribution < -0.4 is 5.56 Å². The van der Waals surface area contributed by atoms with Gasteiger partial charge in [-0.25, -0.2) is 9.37 Å². The van der Waals surface area contributed by atoms with Crippen molar-refractivity contribution in [2.75, 3.05) is 0 Å². The third-order valence-electron chi connectivity index (χ3n) is 2.09. The molecule has 1 aromatic carbocycles. The zero-order valence-corrected chi connectivity index (χ0v) is 8.07. The van der Waals surface area contributed by atoms with Gasteiger partial charge < -0.3 is 4.98 Å². The SMILES string of the molecule is N#Cc1c(-c2ccccc2F)nc[nH]c1=O. The van der Waals surface area contributed by atoms with Crippen molar-refractivity contribution in [3.63, 3.8) is 0 Å². The van der Waals surface area contributed by atoms with Gasteiger partial charge in [0.1, 0.15) is 17.4 Å². The highest BCUT2D eigenvalue weighted by Gasteiger charge is 2.13. The van der Waals surface area contributed by atoms with E-state index in [2.05, 4.69) is 9.97 Å². The van der Waals surface area contributed by atoms with Gasteiger partial charge in [-0.2, -0.15) is 5.26 Å². The number of hydrogen-bond acceptors (Lipinski definition) is 3. The predicted molar refractivity (Wildman–Crippen MR) is 55.0 cm³/mol. The summed E-state index contributed by atoms with van der Waals surface area (Å²) in [5.74, 6) is -0.517. The second-order valence-corrected chi connectivity index (χ2v) is 3.05. The summed E-state index contributed by atoms with van der Waals surface area (Å²) in [6.07, 6.45) is 1.14. The summed E-state index contributed by atoms with van der Waals surface area (Å²) in [6.45, 7) is 0. The molecule has 1 N–H and O–H groups in total. The van der Waals surface area contributed by atoms with Gasteiger partial charge in [0.2, 0.25) is 0 Å². The summed E-state index contributed by atoms with van der Waals surface area (Å²) >= 11 is 0. The van der Waals surface area contributed by atoms with E-state index >= 15 is 0 Å². The van der Waals surface area contributed by atoms with Crippen LogP contribution in [0, 0.1) is 17.1 Å². The van der Waals surface area contributed by atoms with Crippen molar-refractivity contribution in [3.05, 3.63) is 52.3 Å². The van der Waals surface area contributed by atoms with E-state index in [-0.39, 0.29) is 16.8 Å². The molecular weight excluding hydrogens is 209 g/mol. The van der Waals surface area contributed by atoms with E-state index in [0.717, 1.165) is 6.33 Å². The molecule has 1 aromatic heterocycles. The zero-order valence-electron chi connectivity index (χ0n) is 8.07. The molecule has 16 heavy (non-hydrogen) atoms. The molecule has 0 amide bonds. The first-order valence-electron chi connectivity index (χ1n) is 4.46. The predicted octanol–water partition coefficient (Wildman–Crippen LogP) is 1.45. The fourth-order valence-corrected chi connectivity index (χ4v) is 1.36. The second-order valence-electron chi connectivity index (χ2n) is 3.05. The topological polar surface area (TPSA) is 69.5 Å². The normalized spacial score (nSPS) is 9.75. The highest BCUT2D eigenvalue weighted by molar-refractivity contribution is 5.66. The number of nitriles is 1. The molecule has 0 atom stereocenters. The maximum atomic E-state index is 13.5. The maximum absolute atomic E-state index is 13.5. The summed E-state index contributed by atoms with van der Waals surface area (Å²) in [4.78, 5) is 17.4. The first kappa shape index (κ1) is 10.1. The smallest absolute Gasteiger partial charge is 0.269 e. The third-order valence-corrected chi connectivity index (χ3v) is 2.09. The molecule has 0 aliphatic carbocycles. The molecule has 78 valence electrons. The Kier molecular flexibility index (Phi) is 2.48. The van der Waals surface area contributed by atoms with Gasteiger partial charge >= 0.3 is 0 Å².